The van der Waals surface area contributed by atoms with Gasteiger partial charge in [0.05, 0.1) is 14.2 Å². The van der Waals surface area contributed by atoms with Gasteiger partial charge in [-0.3, -0.25) is 0 Å². The van der Waals surface area contributed by atoms with Gasteiger partial charge in [-0.2, -0.15) is 0 Å². The summed E-state index contributed by atoms with van der Waals surface area (Å²) >= 11 is 0. The topological polar surface area (TPSA) is 59.6 Å². The van der Waals surface area contributed by atoms with Crippen LogP contribution in [0.1, 0.15) is 31.2 Å². The molecular weight excluding hydrogens is 318 g/mol. The first-order chi connectivity index (χ1) is 11.4. The third-order valence-corrected chi connectivity index (χ3v) is 4.29. The van der Waals surface area contributed by atoms with Crippen LogP contribution in [0, 0.1) is 5.92 Å². The van der Waals surface area contributed by atoms with E-state index in [0.717, 1.165) is 5.56 Å². The Morgan fingerprint density at radius 1 is 1.17 bits per heavy atom. The molecule has 2 N–H and O–H groups in total. The second-order valence-corrected chi connectivity index (χ2v) is 6.05. The quantitative estimate of drug-likeness (QED) is 0.834. The molecule has 5 nitrogen and oxygen atoms in total. The van der Waals surface area contributed by atoms with Crippen LogP contribution in [0.3, 0.4) is 0 Å². The fraction of sp³-hybridized carbons (Fsp3) is 0.588. The predicted molar refractivity (Wildman–Crippen MR) is 86.7 cm³/mol. The van der Waals surface area contributed by atoms with Crippen LogP contribution in [0.4, 0.5) is 13.6 Å². The van der Waals surface area contributed by atoms with Gasteiger partial charge in [0, 0.05) is 25.9 Å². The Bertz CT molecular complexity index is 557. The number of benzene rings is 1. The van der Waals surface area contributed by atoms with Crippen molar-refractivity contribution < 1.29 is 23.0 Å². The normalized spacial score (nSPS) is 17.2. The summed E-state index contributed by atoms with van der Waals surface area (Å²) in [6.45, 7) is 0.767. The van der Waals surface area contributed by atoms with E-state index in [-0.39, 0.29) is 24.8 Å². The molecule has 2 amide bonds. The number of carbonyl (C=O) groups is 1. The number of ether oxygens (including phenoxy) is 2. The molecule has 0 aromatic heterocycles. The van der Waals surface area contributed by atoms with Gasteiger partial charge in [-0.05, 0) is 36.5 Å². The van der Waals surface area contributed by atoms with E-state index in [0.29, 0.717) is 37.4 Å². The molecule has 134 valence electrons. The number of amides is 2. The average Bonchev–Trinajstić information content (AvgIpc) is 2.58. The van der Waals surface area contributed by atoms with E-state index in [9.17, 15) is 13.6 Å². The van der Waals surface area contributed by atoms with Crippen molar-refractivity contribution in [3.63, 3.8) is 0 Å². The van der Waals surface area contributed by atoms with E-state index >= 15 is 0 Å². The Morgan fingerprint density at radius 3 is 2.46 bits per heavy atom. The molecule has 0 spiro atoms. The first-order valence-electron chi connectivity index (χ1n) is 8.04. The Morgan fingerprint density at radius 2 is 1.83 bits per heavy atom. The van der Waals surface area contributed by atoms with Crippen molar-refractivity contribution in [3.8, 4) is 11.5 Å². The Kier molecular flexibility index (Phi) is 6.23. The summed E-state index contributed by atoms with van der Waals surface area (Å²) < 4.78 is 36.5. The van der Waals surface area contributed by atoms with Gasteiger partial charge >= 0.3 is 6.03 Å². The number of methoxy groups -OCH3 is 2. The van der Waals surface area contributed by atoms with Gasteiger partial charge in [-0.1, -0.05) is 6.07 Å². The van der Waals surface area contributed by atoms with Crippen molar-refractivity contribution >= 4 is 6.03 Å². The van der Waals surface area contributed by atoms with Gasteiger partial charge in [0.2, 0.25) is 5.92 Å². The maximum atomic E-state index is 13.1. The van der Waals surface area contributed by atoms with Crippen LogP contribution >= 0.6 is 0 Å². The minimum atomic E-state index is -2.54. The molecule has 1 fully saturated rings. The molecule has 0 radical (unpaired) electrons. The number of urea groups is 1. The fourth-order valence-electron chi connectivity index (χ4n) is 2.78. The molecule has 1 aliphatic carbocycles. The molecule has 1 saturated carbocycles. The number of alkyl halides is 2. The van der Waals surface area contributed by atoms with Crippen molar-refractivity contribution in [2.45, 2.75) is 38.2 Å². The van der Waals surface area contributed by atoms with Crippen LogP contribution in [-0.2, 0) is 6.54 Å². The lowest BCUT2D eigenvalue weighted by atomic mass is 9.87. The van der Waals surface area contributed by atoms with E-state index < -0.39 is 5.92 Å². The van der Waals surface area contributed by atoms with Crippen LogP contribution in [0.2, 0.25) is 0 Å². The highest BCUT2D eigenvalue weighted by molar-refractivity contribution is 5.73. The van der Waals surface area contributed by atoms with Crippen LogP contribution in [-0.4, -0.2) is 32.7 Å². The van der Waals surface area contributed by atoms with Crippen LogP contribution in [0.15, 0.2) is 18.2 Å². The molecule has 1 aliphatic rings. The largest absolute Gasteiger partial charge is 0.493 e. The minimum absolute atomic E-state index is 0.0907. The third-order valence-electron chi connectivity index (χ3n) is 4.29. The first-order valence-corrected chi connectivity index (χ1v) is 8.04. The second-order valence-electron chi connectivity index (χ2n) is 6.05. The van der Waals surface area contributed by atoms with Crippen LogP contribution in [0.25, 0.3) is 0 Å². The lowest BCUT2D eigenvalue weighted by molar-refractivity contribution is -0.0451. The van der Waals surface area contributed by atoms with Crippen LogP contribution in [0.5, 0.6) is 11.5 Å². The summed E-state index contributed by atoms with van der Waals surface area (Å²) in [7, 11) is 3.11. The van der Waals surface area contributed by atoms with Crippen molar-refractivity contribution in [1.82, 2.24) is 10.6 Å². The molecule has 1 aromatic rings. The van der Waals surface area contributed by atoms with Crippen molar-refractivity contribution in [2.75, 3.05) is 20.8 Å². The molecule has 0 bridgehead atoms. The van der Waals surface area contributed by atoms with E-state index in [4.69, 9.17) is 9.47 Å². The van der Waals surface area contributed by atoms with Crippen molar-refractivity contribution in [3.05, 3.63) is 23.8 Å². The third kappa shape index (κ3) is 5.25. The number of rotatable bonds is 6. The molecule has 7 heteroatoms. The maximum Gasteiger partial charge on any atom is 0.315 e. The highest BCUT2D eigenvalue weighted by Crippen LogP contribution is 2.35. The molecule has 0 heterocycles. The van der Waals surface area contributed by atoms with Crippen LogP contribution < -0.4 is 20.1 Å². The molecular formula is C17H24F2N2O3. The smallest absolute Gasteiger partial charge is 0.315 e. The van der Waals surface area contributed by atoms with Gasteiger partial charge in [0.1, 0.15) is 0 Å². The van der Waals surface area contributed by atoms with Gasteiger partial charge < -0.3 is 20.1 Å². The first kappa shape index (κ1) is 18.3. The highest BCUT2D eigenvalue weighted by Gasteiger charge is 2.34. The zero-order chi connectivity index (χ0) is 17.6. The lowest BCUT2D eigenvalue weighted by Gasteiger charge is -2.28. The second kappa shape index (κ2) is 8.17. The SMILES string of the molecule is COc1ccc(CNC(=O)NCC2CCC(F)(F)CC2)cc1OC. The summed E-state index contributed by atoms with van der Waals surface area (Å²) in [6, 6.07) is 5.10. The monoisotopic (exact) mass is 342 g/mol. The highest BCUT2D eigenvalue weighted by atomic mass is 19.3. The van der Waals surface area contributed by atoms with E-state index in [1.807, 2.05) is 6.07 Å². The Hall–Kier alpha value is -2.05. The van der Waals surface area contributed by atoms with Gasteiger partial charge in [0.15, 0.2) is 11.5 Å². The van der Waals surface area contributed by atoms with Gasteiger partial charge in [-0.25, -0.2) is 13.6 Å². The van der Waals surface area contributed by atoms with Crippen molar-refractivity contribution in [2.24, 2.45) is 5.92 Å². The zero-order valence-corrected chi connectivity index (χ0v) is 14.0. The van der Waals surface area contributed by atoms with Crippen molar-refractivity contribution in [1.29, 1.82) is 0 Å². The van der Waals surface area contributed by atoms with E-state index in [1.54, 1.807) is 26.4 Å². The molecule has 0 saturated heterocycles. The Balaban J connectivity index is 1.73. The fourth-order valence-corrected chi connectivity index (χ4v) is 2.78. The molecule has 2 rings (SSSR count). The minimum Gasteiger partial charge on any atom is -0.493 e. The van der Waals surface area contributed by atoms with Gasteiger partial charge in [0.25, 0.3) is 0 Å². The van der Waals surface area contributed by atoms with E-state index in [2.05, 4.69) is 10.6 Å². The standard InChI is InChI=1S/C17H24F2N2O3/c1-23-14-4-3-13(9-15(14)24-2)11-21-16(22)20-10-12-5-7-17(18,19)8-6-12/h3-4,9,12H,5-8,10-11H2,1-2H3,(H2,20,21,22). The molecule has 1 aromatic carbocycles. The lowest BCUT2D eigenvalue weighted by Crippen LogP contribution is -2.39. The number of hydrogen-bond acceptors (Lipinski definition) is 3. The summed E-state index contributed by atoms with van der Waals surface area (Å²) in [4.78, 5) is 11.8. The molecule has 24 heavy (non-hydrogen) atoms. The average molecular weight is 342 g/mol. The number of halogens is 2. The number of nitrogens with one attached hydrogen (secondary N) is 2. The molecule has 0 unspecified atom stereocenters. The summed E-state index contributed by atoms with van der Waals surface area (Å²) in [5, 5.41) is 5.50. The van der Waals surface area contributed by atoms with Gasteiger partial charge in [-0.15, -0.1) is 0 Å². The molecule has 0 aliphatic heterocycles. The summed E-state index contributed by atoms with van der Waals surface area (Å²) in [5.74, 6) is -1.19. The Labute approximate surface area is 140 Å². The summed E-state index contributed by atoms with van der Waals surface area (Å²) in [6.07, 6.45) is 0.713. The van der Waals surface area contributed by atoms with E-state index in [1.165, 1.54) is 0 Å². The zero-order valence-electron chi connectivity index (χ0n) is 14.0. The summed E-state index contributed by atoms with van der Waals surface area (Å²) in [5.41, 5.74) is 0.875. The predicted octanol–water partition coefficient (Wildman–Crippen LogP) is 3.33. The number of carbonyl (C=O) groups excluding carboxylic acids is 1. The maximum absolute atomic E-state index is 13.1. The number of hydrogen-bond donors (Lipinski definition) is 2. The molecule has 0 atom stereocenters.